The van der Waals surface area contributed by atoms with Crippen LogP contribution in [0.4, 0.5) is 5.69 Å². The highest BCUT2D eigenvalue weighted by Crippen LogP contribution is 2.27. The van der Waals surface area contributed by atoms with E-state index in [1.54, 1.807) is 62.6 Å². The van der Waals surface area contributed by atoms with Gasteiger partial charge in [0.2, 0.25) is 11.8 Å². The van der Waals surface area contributed by atoms with Gasteiger partial charge in [0.25, 0.3) is 10.0 Å². The van der Waals surface area contributed by atoms with Crippen LogP contribution < -0.4 is 14.4 Å². The Bertz CT molecular complexity index is 1450. The van der Waals surface area contributed by atoms with Crippen LogP contribution in [-0.2, 0) is 26.2 Å². The first-order valence-electron chi connectivity index (χ1n) is 13.8. The average molecular weight is 580 g/mol. The SMILES string of the molecule is CC[C@H](C)NC(=O)[C@H](C)N(Cc1ccc(OC)cc1)C(=O)CN(c1ccc(C)c(C)c1)S(=O)(=O)c1ccc(C)cc1. The van der Waals surface area contributed by atoms with Crippen molar-refractivity contribution < 1.29 is 22.7 Å². The summed E-state index contributed by atoms with van der Waals surface area (Å²) in [6.07, 6.45) is 0.736. The summed E-state index contributed by atoms with van der Waals surface area (Å²) >= 11 is 0. The highest BCUT2D eigenvalue weighted by atomic mass is 32.2. The molecule has 0 aliphatic rings. The molecule has 0 fully saturated rings. The summed E-state index contributed by atoms with van der Waals surface area (Å²) in [7, 11) is -2.54. The molecule has 3 aromatic carbocycles. The summed E-state index contributed by atoms with van der Waals surface area (Å²) in [5.41, 5.74) is 3.98. The summed E-state index contributed by atoms with van der Waals surface area (Å²) in [5, 5.41) is 2.94. The number of amides is 2. The second kappa shape index (κ2) is 13.7. The van der Waals surface area contributed by atoms with E-state index in [9.17, 15) is 18.0 Å². The van der Waals surface area contributed by atoms with Crippen LogP contribution in [0.2, 0.25) is 0 Å². The zero-order valence-corrected chi connectivity index (χ0v) is 25.8. The van der Waals surface area contributed by atoms with E-state index >= 15 is 0 Å². The molecule has 0 saturated carbocycles. The fraction of sp³-hybridized carbons (Fsp3) is 0.375. The molecule has 2 amide bonds. The summed E-state index contributed by atoms with van der Waals surface area (Å²) in [4.78, 5) is 28.7. The third kappa shape index (κ3) is 7.88. The van der Waals surface area contributed by atoms with Crippen molar-refractivity contribution in [3.63, 3.8) is 0 Å². The fourth-order valence-electron chi connectivity index (χ4n) is 4.22. The maximum Gasteiger partial charge on any atom is 0.264 e. The molecule has 0 spiro atoms. The van der Waals surface area contributed by atoms with Gasteiger partial charge in [-0.25, -0.2) is 8.42 Å². The summed E-state index contributed by atoms with van der Waals surface area (Å²) in [6, 6.07) is 18.1. The van der Waals surface area contributed by atoms with Crippen molar-refractivity contribution in [2.24, 2.45) is 0 Å². The van der Waals surface area contributed by atoms with Crippen LogP contribution in [0.25, 0.3) is 0 Å². The Labute approximate surface area is 244 Å². The van der Waals surface area contributed by atoms with E-state index in [2.05, 4.69) is 5.32 Å². The summed E-state index contributed by atoms with van der Waals surface area (Å²) in [5.74, 6) is -0.138. The quantitative estimate of drug-likeness (QED) is 0.320. The van der Waals surface area contributed by atoms with Crippen LogP contribution in [0.1, 0.15) is 49.4 Å². The van der Waals surface area contributed by atoms with Gasteiger partial charge < -0.3 is 15.0 Å². The second-order valence-corrected chi connectivity index (χ2v) is 12.3. The first-order chi connectivity index (χ1) is 19.4. The third-order valence-corrected chi connectivity index (χ3v) is 9.13. The predicted molar refractivity (Wildman–Crippen MR) is 163 cm³/mol. The molecular formula is C32H41N3O5S. The van der Waals surface area contributed by atoms with Gasteiger partial charge in [0.05, 0.1) is 17.7 Å². The molecule has 0 aliphatic heterocycles. The number of carbonyl (C=O) groups is 2. The van der Waals surface area contributed by atoms with E-state index in [1.165, 1.54) is 4.90 Å². The van der Waals surface area contributed by atoms with E-state index in [0.29, 0.717) is 11.4 Å². The lowest BCUT2D eigenvalue weighted by atomic mass is 10.1. The molecule has 0 heterocycles. The molecule has 0 saturated heterocycles. The van der Waals surface area contributed by atoms with Crippen LogP contribution in [0, 0.1) is 20.8 Å². The van der Waals surface area contributed by atoms with Gasteiger partial charge in [-0.1, -0.05) is 42.8 Å². The zero-order valence-electron chi connectivity index (χ0n) is 25.0. The highest BCUT2D eigenvalue weighted by Gasteiger charge is 2.33. The van der Waals surface area contributed by atoms with Gasteiger partial charge in [-0.05, 0) is 94.1 Å². The molecular weight excluding hydrogens is 538 g/mol. The van der Waals surface area contributed by atoms with Crippen molar-refractivity contribution in [1.82, 2.24) is 10.2 Å². The molecule has 220 valence electrons. The largest absolute Gasteiger partial charge is 0.497 e. The van der Waals surface area contributed by atoms with Crippen LogP contribution >= 0.6 is 0 Å². The minimum absolute atomic E-state index is 0.0724. The third-order valence-electron chi connectivity index (χ3n) is 7.35. The molecule has 3 rings (SSSR count). The first-order valence-corrected chi connectivity index (χ1v) is 15.2. The molecule has 1 N–H and O–H groups in total. The molecule has 3 aromatic rings. The van der Waals surface area contributed by atoms with E-state index in [0.717, 1.165) is 33.0 Å². The topological polar surface area (TPSA) is 96.0 Å². The van der Waals surface area contributed by atoms with Gasteiger partial charge in [0.15, 0.2) is 0 Å². The molecule has 0 bridgehead atoms. The predicted octanol–water partition coefficient (Wildman–Crippen LogP) is 5.15. The van der Waals surface area contributed by atoms with Crippen LogP contribution in [0.3, 0.4) is 0 Å². The molecule has 0 aromatic heterocycles. The average Bonchev–Trinajstić information content (AvgIpc) is 2.96. The number of ether oxygens (including phenoxy) is 1. The maximum absolute atomic E-state index is 14.1. The first kappa shape index (κ1) is 31.7. The van der Waals surface area contributed by atoms with Crippen molar-refractivity contribution in [2.45, 2.75) is 71.5 Å². The minimum Gasteiger partial charge on any atom is -0.497 e. The summed E-state index contributed by atoms with van der Waals surface area (Å²) in [6.45, 7) is 10.9. The Morgan fingerprint density at radius 3 is 2.10 bits per heavy atom. The van der Waals surface area contributed by atoms with Crippen LogP contribution in [-0.4, -0.2) is 50.9 Å². The lowest BCUT2D eigenvalue weighted by Gasteiger charge is -2.32. The Balaban J connectivity index is 2.04. The molecule has 0 unspecified atom stereocenters. The Kier molecular flexibility index (Phi) is 10.6. The van der Waals surface area contributed by atoms with Crippen molar-refractivity contribution in [2.75, 3.05) is 18.0 Å². The molecule has 2 atom stereocenters. The maximum atomic E-state index is 14.1. The Morgan fingerprint density at radius 2 is 1.54 bits per heavy atom. The number of rotatable bonds is 12. The number of hydrogen-bond acceptors (Lipinski definition) is 5. The monoisotopic (exact) mass is 579 g/mol. The van der Waals surface area contributed by atoms with E-state index in [4.69, 9.17) is 4.74 Å². The number of methoxy groups -OCH3 is 1. The molecule has 0 radical (unpaired) electrons. The lowest BCUT2D eigenvalue weighted by Crippen LogP contribution is -2.52. The van der Waals surface area contributed by atoms with Crippen molar-refractivity contribution in [3.8, 4) is 5.75 Å². The van der Waals surface area contributed by atoms with Crippen molar-refractivity contribution in [3.05, 3.63) is 89.0 Å². The normalized spacial score (nSPS) is 12.8. The molecule has 9 heteroatoms. The summed E-state index contributed by atoms with van der Waals surface area (Å²) < 4.78 is 34.3. The number of nitrogens with one attached hydrogen (secondary N) is 1. The Hall–Kier alpha value is -3.85. The molecule has 41 heavy (non-hydrogen) atoms. The lowest BCUT2D eigenvalue weighted by molar-refractivity contribution is -0.139. The standard InChI is InChI=1S/C32H41N3O5S/c1-8-25(5)33-32(37)26(6)34(20-27-12-15-29(40-7)16-13-27)31(36)21-35(28-14-11-23(3)24(4)19-28)41(38,39)30-17-9-22(2)10-18-30/h9-19,25-26H,8,20-21H2,1-7H3,(H,33,37)/t25-,26-/m0/s1. The van der Waals surface area contributed by atoms with Gasteiger partial charge in [0, 0.05) is 12.6 Å². The van der Waals surface area contributed by atoms with E-state index in [1.807, 2.05) is 52.8 Å². The zero-order chi connectivity index (χ0) is 30.3. The number of hydrogen-bond donors (Lipinski definition) is 1. The van der Waals surface area contributed by atoms with Gasteiger partial charge >= 0.3 is 0 Å². The molecule has 0 aliphatic carbocycles. The van der Waals surface area contributed by atoms with Gasteiger partial charge in [-0.3, -0.25) is 13.9 Å². The van der Waals surface area contributed by atoms with Gasteiger partial charge in [-0.2, -0.15) is 0 Å². The fourth-order valence-corrected chi connectivity index (χ4v) is 5.63. The van der Waals surface area contributed by atoms with Crippen molar-refractivity contribution >= 4 is 27.5 Å². The molecule has 8 nitrogen and oxygen atoms in total. The van der Waals surface area contributed by atoms with E-state index < -0.39 is 28.5 Å². The van der Waals surface area contributed by atoms with Crippen LogP contribution in [0.5, 0.6) is 5.75 Å². The number of sulfonamides is 1. The Morgan fingerprint density at radius 1 is 0.902 bits per heavy atom. The van der Waals surface area contributed by atoms with Crippen molar-refractivity contribution in [1.29, 1.82) is 0 Å². The smallest absolute Gasteiger partial charge is 0.264 e. The highest BCUT2D eigenvalue weighted by molar-refractivity contribution is 7.92. The number of benzene rings is 3. The second-order valence-electron chi connectivity index (χ2n) is 10.5. The van der Waals surface area contributed by atoms with Crippen LogP contribution in [0.15, 0.2) is 71.6 Å². The van der Waals surface area contributed by atoms with E-state index in [-0.39, 0.29) is 23.4 Å². The number of anilines is 1. The van der Waals surface area contributed by atoms with Gasteiger partial charge in [0.1, 0.15) is 18.3 Å². The number of nitrogens with zero attached hydrogens (tertiary/aromatic N) is 2. The minimum atomic E-state index is -4.11. The number of aryl methyl sites for hydroxylation is 3. The number of carbonyl (C=O) groups excluding carboxylic acids is 2. The van der Waals surface area contributed by atoms with Gasteiger partial charge in [-0.15, -0.1) is 0 Å².